The van der Waals surface area contributed by atoms with E-state index in [-0.39, 0.29) is 30.1 Å². The van der Waals surface area contributed by atoms with Gasteiger partial charge in [0.15, 0.2) is 0 Å². The highest BCUT2D eigenvalue weighted by molar-refractivity contribution is 5.89. The molecule has 2 aliphatic carbocycles. The Balaban J connectivity index is 2.16. The van der Waals surface area contributed by atoms with E-state index in [0.717, 1.165) is 0 Å². The second-order valence-corrected chi connectivity index (χ2v) is 10.5. The Morgan fingerprint density at radius 3 is 2.08 bits per heavy atom. The number of carbonyl (C=O) groups is 3. The molecule has 0 aliphatic heterocycles. The van der Waals surface area contributed by atoms with Crippen LogP contribution in [-0.4, -0.2) is 58.6 Å². The van der Waals surface area contributed by atoms with Crippen LogP contribution in [0.5, 0.6) is 5.75 Å². The second-order valence-electron chi connectivity index (χ2n) is 10.5. The molecule has 3 rings (SSSR count). The van der Waals surface area contributed by atoms with Gasteiger partial charge in [-0.15, -0.1) is 0 Å². The fourth-order valence-electron chi connectivity index (χ4n) is 5.69. The first kappa shape index (κ1) is 27.7. The summed E-state index contributed by atoms with van der Waals surface area (Å²) in [5.74, 6) is -2.46. The minimum Gasteiger partial charge on any atom is -0.497 e. The lowest BCUT2D eigenvalue weighted by molar-refractivity contribution is -0.156. The fourth-order valence-corrected chi connectivity index (χ4v) is 5.69. The molecule has 1 fully saturated rings. The zero-order chi connectivity index (χ0) is 27.1. The predicted molar refractivity (Wildman–Crippen MR) is 129 cm³/mol. The molecule has 0 spiro atoms. The molecule has 0 aromatic heterocycles. The normalized spacial score (nSPS) is 33.7. The first-order valence-electron chi connectivity index (χ1n) is 12.0. The average Bonchev–Trinajstić information content (AvgIpc) is 2.94. The van der Waals surface area contributed by atoms with E-state index in [2.05, 4.69) is 0 Å². The zero-order valence-corrected chi connectivity index (χ0v) is 21.9. The molecule has 0 heterocycles. The van der Waals surface area contributed by atoms with Gasteiger partial charge in [-0.2, -0.15) is 0 Å². The van der Waals surface area contributed by atoms with E-state index in [1.807, 2.05) is 13.8 Å². The largest absolute Gasteiger partial charge is 0.497 e. The van der Waals surface area contributed by atoms with Crippen molar-refractivity contribution in [3.05, 3.63) is 41.7 Å². The summed E-state index contributed by atoms with van der Waals surface area (Å²) in [6.07, 6.45) is -0.582. The molecular formula is C27H36O9. The molecule has 198 valence electrons. The SMILES string of the molecule is COc1ccc(C(=O)O[C@H]2C[C@@](C)(O)C=C(OC(C)=O)[C@@]3(C)[C@@H](OC(C)=O)C[C@@](O)(C(C)C)[C@H]23)cc1. The van der Waals surface area contributed by atoms with Crippen molar-refractivity contribution in [2.45, 2.75) is 77.8 Å². The molecule has 0 radical (unpaired) electrons. The van der Waals surface area contributed by atoms with Crippen molar-refractivity contribution in [1.82, 2.24) is 0 Å². The summed E-state index contributed by atoms with van der Waals surface area (Å²) in [7, 11) is 1.52. The van der Waals surface area contributed by atoms with Gasteiger partial charge >= 0.3 is 17.9 Å². The molecule has 0 amide bonds. The van der Waals surface area contributed by atoms with Gasteiger partial charge in [0, 0.05) is 32.6 Å². The van der Waals surface area contributed by atoms with Crippen LogP contribution >= 0.6 is 0 Å². The van der Waals surface area contributed by atoms with Crippen LogP contribution in [0.25, 0.3) is 0 Å². The van der Waals surface area contributed by atoms with E-state index in [9.17, 15) is 24.6 Å². The molecular weight excluding hydrogens is 468 g/mol. The Labute approximate surface area is 211 Å². The van der Waals surface area contributed by atoms with Crippen LogP contribution < -0.4 is 4.74 Å². The summed E-state index contributed by atoms with van der Waals surface area (Å²) >= 11 is 0. The van der Waals surface area contributed by atoms with Crippen LogP contribution in [0.4, 0.5) is 0 Å². The van der Waals surface area contributed by atoms with Gasteiger partial charge in [-0.05, 0) is 50.1 Å². The molecule has 2 N–H and O–H groups in total. The highest BCUT2D eigenvalue weighted by Gasteiger charge is 2.69. The van der Waals surface area contributed by atoms with Crippen molar-refractivity contribution < 1.29 is 43.5 Å². The third-order valence-corrected chi connectivity index (χ3v) is 7.47. The van der Waals surface area contributed by atoms with Gasteiger partial charge in [-0.3, -0.25) is 9.59 Å². The van der Waals surface area contributed by atoms with Crippen molar-refractivity contribution in [2.24, 2.45) is 17.3 Å². The fraction of sp³-hybridized carbons (Fsp3) is 0.593. The van der Waals surface area contributed by atoms with Crippen LogP contribution in [0.15, 0.2) is 36.1 Å². The van der Waals surface area contributed by atoms with Gasteiger partial charge in [-0.25, -0.2) is 4.79 Å². The second kappa shape index (κ2) is 9.86. The predicted octanol–water partition coefficient (Wildman–Crippen LogP) is 3.17. The molecule has 9 heteroatoms. The number of esters is 3. The van der Waals surface area contributed by atoms with Crippen LogP contribution in [0, 0.1) is 17.3 Å². The van der Waals surface area contributed by atoms with Gasteiger partial charge in [-0.1, -0.05) is 13.8 Å². The van der Waals surface area contributed by atoms with E-state index in [0.29, 0.717) is 5.75 Å². The Bertz CT molecular complexity index is 1040. The van der Waals surface area contributed by atoms with Crippen molar-refractivity contribution in [3.63, 3.8) is 0 Å². The number of aliphatic hydroxyl groups is 2. The minimum atomic E-state index is -1.57. The molecule has 1 aromatic rings. The van der Waals surface area contributed by atoms with Gasteiger partial charge in [0.25, 0.3) is 0 Å². The van der Waals surface area contributed by atoms with Crippen LogP contribution in [0.2, 0.25) is 0 Å². The Hall–Kier alpha value is -2.91. The summed E-state index contributed by atoms with van der Waals surface area (Å²) in [6.45, 7) is 9.33. The van der Waals surface area contributed by atoms with Crippen LogP contribution in [0.3, 0.4) is 0 Å². The highest BCUT2D eigenvalue weighted by Crippen LogP contribution is 2.61. The summed E-state index contributed by atoms with van der Waals surface area (Å²) < 4.78 is 22.4. The molecule has 1 aromatic carbocycles. The molecule has 0 unspecified atom stereocenters. The van der Waals surface area contributed by atoms with Crippen molar-refractivity contribution >= 4 is 17.9 Å². The van der Waals surface area contributed by atoms with Crippen molar-refractivity contribution in [2.75, 3.05) is 7.11 Å². The Kier molecular flexibility index (Phi) is 7.58. The van der Waals surface area contributed by atoms with E-state index >= 15 is 0 Å². The maximum atomic E-state index is 13.2. The third-order valence-electron chi connectivity index (χ3n) is 7.47. The van der Waals surface area contributed by atoms with E-state index in [4.69, 9.17) is 18.9 Å². The van der Waals surface area contributed by atoms with Gasteiger partial charge < -0.3 is 29.2 Å². The summed E-state index contributed by atoms with van der Waals surface area (Å²) in [4.78, 5) is 37.4. The standard InChI is InChI=1S/C27H36O9/c1-15(2)27(32)14-22(35-17(4)29)26(6)21(34-16(3)28)13-25(5,31)12-20(23(26)27)36-24(30)18-8-10-19(33-7)11-9-18/h8-11,13,15,20,22-23,31-32H,12,14H2,1-7H3/t20-,22-,23+,25+,26-,27+/m0/s1. The minimum absolute atomic E-state index is 0.0305. The first-order valence-corrected chi connectivity index (χ1v) is 12.0. The lowest BCUT2D eigenvalue weighted by atomic mass is 9.67. The maximum absolute atomic E-state index is 13.2. The highest BCUT2D eigenvalue weighted by atomic mass is 16.6. The lowest BCUT2D eigenvalue weighted by Crippen LogP contribution is -2.52. The Morgan fingerprint density at radius 1 is 0.972 bits per heavy atom. The van der Waals surface area contributed by atoms with Gasteiger partial charge in [0.2, 0.25) is 0 Å². The number of carbonyl (C=O) groups excluding carboxylic acids is 3. The lowest BCUT2D eigenvalue weighted by Gasteiger charge is -2.44. The number of hydrogen-bond acceptors (Lipinski definition) is 9. The Morgan fingerprint density at radius 2 is 1.58 bits per heavy atom. The van der Waals surface area contributed by atoms with Gasteiger partial charge in [0.1, 0.15) is 23.7 Å². The zero-order valence-electron chi connectivity index (χ0n) is 21.9. The smallest absolute Gasteiger partial charge is 0.338 e. The first-order chi connectivity index (χ1) is 16.6. The van der Waals surface area contributed by atoms with E-state index < -0.39 is 52.7 Å². The number of hydrogen-bond donors (Lipinski definition) is 2. The average molecular weight is 505 g/mol. The van der Waals surface area contributed by atoms with E-state index in [1.165, 1.54) is 34.0 Å². The number of fused-ring (bicyclic) bond motifs is 1. The molecule has 9 nitrogen and oxygen atoms in total. The van der Waals surface area contributed by atoms with Crippen LogP contribution in [-0.2, 0) is 23.8 Å². The summed E-state index contributed by atoms with van der Waals surface area (Å²) in [6, 6.07) is 6.37. The monoisotopic (exact) mass is 504 g/mol. The summed E-state index contributed by atoms with van der Waals surface area (Å²) in [5.41, 5.74) is -4.08. The molecule has 2 aliphatic rings. The molecule has 6 atom stereocenters. The third kappa shape index (κ3) is 5.13. The quantitative estimate of drug-likeness (QED) is 0.443. The molecule has 0 saturated heterocycles. The van der Waals surface area contributed by atoms with E-state index in [1.54, 1.807) is 31.2 Å². The van der Waals surface area contributed by atoms with Crippen molar-refractivity contribution in [3.8, 4) is 5.75 Å². The number of ether oxygens (including phenoxy) is 4. The number of benzene rings is 1. The maximum Gasteiger partial charge on any atom is 0.338 e. The van der Waals surface area contributed by atoms with Crippen LogP contribution in [0.1, 0.15) is 64.7 Å². The molecule has 1 saturated carbocycles. The van der Waals surface area contributed by atoms with Crippen molar-refractivity contribution in [1.29, 1.82) is 0 Å². The topological polar surface area (TPSA) is 129 Å². The number of methoxy groups -OCH3 is 1. The number of rotatable bonds is 6. The molecule has 36 heavy (non-hydrogen) atoms. The van der Waals surface area contributed by atoms with Gasteiger partial charge in [0.05, 0.1) is 29.3 Å². The molecule has 0 bridgehead atoms. The summed E-state index contributed by atoms with van der Waals surface area (Å²) in [5, 5.41) is 23.3.